The minimum Gasteiger partial charge on any atom is -0.743 e. The predicted octanol–water partition coefficient (Wildman–Crippen LogP) is 2.56. The average Bonchev–Trinajstić information content (AvgIpc) is 2.68. The summed E-state index contributed by atoms with van der Waals surface area (Å²) in [5.41, 5.74) is 0. The van der Waals surface area contributed by atoms with E-state index in [1.165, 1.54) is 0 Å². The number of carbonyl (C=O) groups excluding carboxylic acids is 2. The number of rotatable bonds is 10. The smallest absolute Gasteiger partial charge is 0.466 e. The van der Waals surface area contributed by atoms with Gasteiger partial charge in [0.05, 0.1) is 6.61 Å². The van der Waals surface area contributed by atoms with Gasteiger partial charge >= 0.3 is 35.0 Å². The lowest BCUT2D eigenvalue weighted by Gasteiger charge is -2.38. The molecule has 0 aromatic rings. The number of hydrogen-bond acceptors (Lipinski definition) is 7. The fourth-order valence-electron chi connectivity index (χ4n) is 2.72. The molecule has 16 heteroatoms. The minimum atomic E-state index is -6.79. The van der Waals surface area contributed by atoms with Gasteiger partial charge in [-0.3, -0.25) is 4.79 Å². The first-order valence-corrected chi connectivity index (χ1v) is 10.4. The Hall–Kier alpha value is -1.94. The molecule has 1 fully saturated rings. The Morgan fingerprint density at radius 3 is 2.00 bits per heavy atom. The quantitative estimate of drug-likeness (QED) is 0.113. The molecule has 0 aromatic carbocycles. The van der Waals surface area contributed by atoms with Gasteiger partial charge < -0.3 is 18.9 Å². The van der Waals surface area contributed by atoms with E-state index in [-0.39, 0.29) is 19.2 Å². The number of alkyl halides is 7. The topological polar surface area (TPSA) is 113 Å². The largest absolute Gasteiger partial charge is 0.743 e. The van der Waals surface area contributed by atoms with Crippen molar-refractivity contribution in [1.29, 1.82) is 0 Å². The molecule has 8 nitrogen and oxygen atoms in total. The van der Waals surface area contributed by atoms with E-state index in [9.17, 15) is 53.3 Å². The summed E-state index contributed by atoms with van der Waals surface area (Å²) in [7, 11) is -6.79. The normalized spacial score (nSPS) is 18.1. The lowest BCUT2D eigenvalue weighted by Crippen LogP contribution is -2.62. The maximum atomic E-state index is 13.8. The maximum Gasteiger partial charge on any atom is 0.466 e. The van der Waals surface area contributed by atoms with Crippen molar-refractivity contribution in [2.75, 3.05) is 19.7 Å². The molecule has 0 N–H and O–H groups in total. The SMILES string of the molecule is C=CC(=O)OC(OCCCC(F)(F)C(F)(F)S(=O)(=O)[O-])(C(=O)N1CCCCC1)C(F)(F)F. The Morgan fingerprint density at radius 2 is 1.56 bits per heavy atom. The van der Waals surface area contributed by atoms with Crippen molar-refractivity contribution >= 4 is 22.0 Å². The summed E-state index contributed by atoms with van der Waals surface area (Å²) in [4.78, 5) is 24.7. The Morgan fingerprint density at radius 1 is 1.03 bits per heavy atom. The van der Waals surface area contributed by atoms with Crippen molar-refractivity contribution in [1.82, 2.24) is 4.90 Å². The van der Waals surface area contributed by atoms with Gasteiger partial charge in [0.2, 0.25) is 0 Å². The third-order valence-corrected chi connectivity index (χ3v) is 5.32. The third-order valence-electron chi connectivity index (χ3n) is 4.39. The Bertz CT molecular complexity index is 810. The first-order chi connectivity index (χ1) is 14.4. The third kappa shape index (κ3) is 5.89. The van der Waals surface area contributed by atoms with Crippen molar-refractivity contribution in [2.24, 2.45) is 0 Å². The molecule has 1 rings (SSSR count). The zero-order valence-electron chi connectivity index (χ0n) is 16.3. The standard InChI is InChI=1S/C16H20F7NO7S/c1-2-11(25)31-14(15(19,20)21,12(26)24-8-4-3-5-9-24)30-10-6-7-13(17,18)16(22,23)32(27,28)29/h2H,1,3-10H2,(H,27,28,29)/p-1. The number of amides is 1. The van der Waals surface area contributed by atoms with Crippen molar-refractivity contribution in [2.45, 2.75) is 55.2 Å². The predicted molar refractivity (Wildman–Crippen MR) is 90.3 cm³/mol. The number of piperidine rings is 1. The van der Waals surface area contributed by atoms with Crippen molar-refractivity contribution in [3.05, 3.63) is 12.7 Å². The van der Waals surface area contributed by atoms with Crippen molar-refractivity contribution in [3.8, 4) is 0 Å². The zero-order valence-corrected chi connectivity index (χ0v) is 17.1. The molecule has 1 atom stereocenters. The van der Waals surface area contributed by atoms with Gasteiger partial charge in [-0.2, -0.15) is 30.7 Å². The van der Waals surface area contributed by atoms with Gasteiger partial charge in [-0.15, -0.1) is 0 Å². The summed E-state index contributed by atoms with van der Waals surface area (Å²) < 4.78 is 134. The molecule has 0 radical (unpaired) electrons. The average molecular weight is 502 g/mol. The first-order valence-electron chi connectivity index (χ1n) is 8.99. The van der Waals surface area contributed by atoms with Gasteiger partial charge in [-0.25, -0.2) is 13.2 Å². The Balaban J connectivity index is 3.12. The molecule has 1 unspecified atom stereocenters. The minimum absolute atomic E-state index is 0.155. The summed E-state index contributed by atoms with van der Waals surface area (Å²) in [6.07, 6.45) is -7.66. The highest BCUT2D eigenvalue weighted by atomic mass is 32.2. The van der Waals surface area contributed by atoms with E-state index < -0.39 is 64.6 Å². The van der Waals surface area contributed by atoms with Crippen LogP contribution in [0.5, 0.6) is 0 Å². The number of nitrogens with zero attached hydrogens (tertiary/aromatic N) is 1. The first kappa shape index (κ1) is 28.1. The van der Waals surface area contributed by atoms with E-state index in [0.29, 0.717) is 24.2 Å². The van der Waals surface area contributed by atoms with Crippen LogP contribution in [0.1, 0.15) is 32.1 Å². The molecule has 186 valence electrons. The van der Waals surface area contributed by atoms with E-state index in [1.54, 1.807) is 0 Å². The molecular weight excluding hydrogens is 483 g/mol. The van der Waals surface area contributed by atoms with Crippen LogP contribution in [0, 0.1) is 0 Å². The second-order valence-corrected chi connectivity index (χ2v) is 8.14. The summed E-state index contributed by atoms with van der Waals surface area (Å²) in [6.45, 7) is 1.08. The molecule has 1 saturated heterocycles. The van der Waals surface area contributed by atoms with Crippen LogP contribution in [0.2, 0.25) is 0 Å². The van der Waals surface area contributed by atoms with Gasteiger partial charge in [0, 0.05) is 25.6 Å². The molecule has 0 aromatic heterocycles. The summed E-state index contributed by atoms with van der Waals surface area (Å²) in [6, 6.07) is 0. The molecule has 1 aliphatic heterocycles. The molecule has 0 aliphatic carbocycles. The van der Waals surface area contributed by atoms with E-state index in [4.69, 9.17) is 0 Å². The van der Waals surface area contributed by atoms with E-state index in [0.717, 1.165) is 0 Å². The van der Waals surface area contributed by atoms with Crippen LogP contribution in [0.4, 0.5) is 30.7 Å². The van der Waals surface area contributed by atoms with Crippen molar-refractivity contribution < 1.29 is 62.8 Å². The van der Waals surface area contributed by atoms with Crippen LogP contribution in [0.15, 0.2) is 12.7 Å². The molecule has 32 heavy (non-hydrogen) atoms. The molecule has 0 saturated carbocycles. The second kappa shape index (κ2) is 9.91. The van der Waals surface area contributed by atoms with Gasteiger partial charge in [0.15, 0.2) is 10.1 Å². The summed E-state index contributed by atoms with van der Waals surface area (Å²) in [5.74, 6) is -13.3. The van der Waals surface area contributed by atoms with Crippen LogP contribution >= 0.6 is 0 Å². The van der Waals surface area contributed by atoms with Gasteiger partial charge in [-0.05, 0) is 25.7 Å². The maximum absolute atomic E-state index is 13.8. The molecule has 1 amide bonds. The van der Waals surface area contributed by atoms with Gasteiger partial charge in [0.25, 0.3) is 0 Å². The highest BCUT2D eigenvalue weighted by Gasteiger charge is 2.67. The molecule has 1 aliphatic rings. The second-order valence-electron chi connectivity index (χ2n) is 6.72. The van der Waals surface area contributed by atoms with Gasteiger partial charge in [-0.1, -0.05) is 6.58 Å². The van der Waals surface area contributed by atoms with Crippen LogP contribution in [0.25, 0.3) is 0 Å². The monoisotopic (exact) mass is 502 g/mol. The molecular formula is C16H19F7NO7S-. The molecule has 1 heterocycles. The number of hydrogen-bond donors (Lipinski definition) is 0. The van der Waals surface area contributed by atoms with Crippen LogP contribution in [0.3, 0.4) is 0 Å². The number of esters is 1. The lowest BCUT2D eigenvalue weighted by atomic mass is 10.1. The molecule has 0 spiro atoms. The number of halogens is 7. The Labute approximate surface area is 178 Å². The number of likely N-dealkylation sites (tertiary alicyclic amines) is 1. The highest BCUT2D eigenvalue weighted by molar-refractivity contribution is 7.86. The zero-order chi connectivity index (χ0) is 25.0. The van der Waals surface area contributed by atoms with E-state index in [1.807, 2.05) is 0 Å². The molecule has 0 bridgehead atoms. The summed E-state index contributed by atoms with van der Waals surface area (Å²) in [5, 5.41) is -6.04. The van der Waals surface area contributed by atoms with Crippen LogP contribution in [-0.4, -0.2) is 72.6 Å². The fraction of sp³-hybridized carbons (Fsp3) is 0.750. The van der Waals surface area contributed by atoms with Crippen LogP contribution < -0.4 is 0 Å². The fourth-order valence-corrected chi connectivity index (χ4v) is 3.19. The van der Waals surface area contributed by atoms with E-state index >= 15 is 0 Å². The number of ether oxygens (including phenoxy) is 2. The van der Waals surface area contributed by atoms with Crippen LogP contribution in [-0.2, 0) is 29.2 Å². The summed E-state index contributed by atoms with van der Waals surface area (Å²) >= 11 is 0. The highest BCUT2D eigenvalue weighted by Crippen LogP contribution is 2.42. The lowest BCUT2D eigenvalue weighted by molar-refractivity contribution is -0.350. The number of carbonyl (C=O) groups is 2. The van der Waals surface area contributed by atoms with Crippen molar-refractivity contribution in [3.63, 3.8) is 0 Å². The van der Waals surface area contributed by atoms with E-state index in [2.05, 4.69) is 16.1 Å². The van der Waals surface area contributed by atoms with Gasteiger partial charge in [0.1, 0.15) is 0 Å². The Kier molecular flexibility index (Phi) is 8.70.